The predicted molar refractivity (Wildman–Crippen MR) is 42.4 cm³/mol. The highest BCUT2D eigenvalue weighted by Crippen LogP contribution is 2.70. The average molecular weight is 182 g/mol. The highest BCUT2D eigenvalue weighted by Gasteiger charge is 2.70. The Morgan fingerprint density at radius 3 is 2.18 bits per heavy atom. The Hall–Kier alpha value is 0.140. The smallest absolute Gasteiger partial charge is 0.112 e. The molecule has 3 rings (SSSR count). The lowest BCUT2D eigenvalue weighted by Crippen LogP contribution is -2.71. The van der Waals surface area contributed by atoms with E-state index in [9.17, 15) is 4.39 Å². The molecule has 1 atom stereocenters. The van der Waals surface area contributed by atoms with Gasteiger partial charge >= 0.3 is 0 Å². The Balaban J connectivity index is 0.000000605. The van der Waals surface area contributed by atoms with E-state index in [2.05, 4.69) is 0 Å². The standard InChI is InChI=1S/C7H12FNO.ClH/c8-7-2-6(3-7,4-7)5(9)1-10;/h5,10H,1-4,9H2;1H/t5-,6?,7?;/m1./s1. The summed E-state index contributed by atoms with van der Waals surface area (Å²) in [5, 5.41) is 8.70. The summed E-state index contributed by atoms with van der Waals surface area (Å²) in [6.07, 6.45) is 1.76. The lowest BCUT2D eigenvalue weighted by atomic mass is 9.40. The number of aliphatic hydroxyl groups excluding tert-OH is 1. The van der Waals surface area contributed by atoms with Gasteiger partial charge < -0.3 is 10.8 Å². The maximum atomic E-state index is 12.9. The van der Waals surface area contributed by atoms with Gasteiger partial charge in [-0.25, -0.2) is 4.39 Å². The molecule has 11 heavy (non-hydrogen) atoms. The van der Waals surface area contributed by atoms with E-state index in [1.54, 1.807) is 0 Å². The lowest BCUT2D eigenvalue weighted by molar-refractivity contribution is -0.228. The van der Waals surface area contributed by atoms with Crippen molar-refractivity contribution in [2.45, 2.75) is 31.0 Å². The van der Waals surface area contributed by atoms with Crippen LogP contribution < -0.4 is 5.73 Å². The molecule has 3 saturated carbocycles. The first-order chi connectivity index (χ1) is 4.60. The monoisotopic (exact) mass is 181 g/mol. The minimum atomic E-state index is -0.882. The first-order valence-electron chi connectivity index (χ1n) is 3.66. The quantitative estimate of drug-likeness (QED) is 0.656. The van der Waals surface area contributed by atoms with Gasteiger partial charge in [0.25, 0.3) is 0 Å². The van der Waals surface area contributed by atoms with Crippen molar-refractivity contribution in [3.8, 4) is 0 Å². The number of alkyl halides is 1. The third-order valence-electron chi connectivity index (χ3n) is 2.99. The summed E-state index contributed by atoms with van der Waals surface area (Å²) in [5.41, 5.74) is 4.70. The van der Waals surface area contributed by atoms with Gasteiger partial charge in [-0.15, -0.1) is 12.4 Å². The fourth-order valence-corrected chi connectivity index (χ4v) is 2.32. The second-order valence-electron chi connectivity index (χ2n) is 3.83. The van der Waals surface area contributed by atoms with Crippen molar-refractivity contribution in [1.82, 2.24) is 0 Å². The molecule has 0 radical (unpaired) electrons. The normalized spacial score (nSPS) is 48.3. The number of aliphatic hydroxyl groups is 1. The van der Waals surface area contributed by atoms with E-state index in [4.69, 9.17) is 10.8 Å². The molecule has 3 aliphatic carbocycles. The summed E-state index contributed by atoms with van der Waals surface area (Å²) in [4.78, 5) is 0. The Kier molecular flexibility index (Phi) is 1.94. The molecule has 0 amide bonds. The van der Waals surface area contributed by atoms with E-state index >= 15 is 0 Å². The molecule has 2 bridgehead atoms. The van der Waals surface area contributed by atoms with Crippen molar-refractivity contribution < 1.29 is 9.50 Å². The van der Waals surface area contributed by atoms with E-state index in [0.717, 1.165) is 0 Å². The van der Waals surface area contributed by atoms with Crippen LogP contribution in [0.25, 0.3) is 0 Å². The van der Waals surface area contributed by atoms with Crippen LogP contribution >= 0.6 is 12.4 Å². The third-order valence-corrected chi connectivity index (χ3v) is 2.99. The molecular formula is C7H13ClFNO. The maximum absolute atomic E-state index is 12.9. The summed E-state index contributed by atoms with van der Waals surface area (Å²) >= 11 is 0. The molecule has 0 saturated heterocycles. The van der Waals surface area contributed by atoms with Crippen LogP contribution in [0.3, 0.4) is 0 Å². The number of hydrogen-bond donors (Lipinski definition) is 2. The summed E-state index contributed by atoms with van der Waals surface area (Å²) in [6.45, 7) is -0.00389. The van der Waals surface area contributed by atoms with Gasteiger partial charge in [-0.05, 0) is 24.7 Å². The summed E-state index contributed by atoms with van der Waals surface area (Å²) in [7, 11) is 0. The third kappa shape index (κ3) is 0.983. The largest absolute Gasteiger partial charge is 0.395 e. The fraction of sp³-hybridized carbons (Fsp3) is 1.00. The van der Waals surface area contributed by atoms with Gasteiger partial charge in [0.1, 0.15) is 5.67 Å². The average Bonchev–Trinajstić information content (AvgIpc) is 1.77. The van der Waals surface area contributed by atoms with Gasteiger partial charge in [0.2, 0.25) is 0 Å². The van der Waals surface area contributed by atoms with Crippen LogP contribution in [0.5, 0.6) is 0 Å². The molecule has 2 nitrogen and oxygen atoms in total. The Labute approximate surface area is 71.4 Å². The lowest BCUT2D eigenvalue weighted by Gasteiger charge is -2.68. The van der Waals surface area contributed by atoms with Crippen molar-refractivity contribution in [3.63, 3.8) is 0 Å². The van der Waals surface area contributed by atoms with Crippen LogP contribution in [0.2, 0.25) is 0 Å². The number of nitrogens with two attached hydrogens (primary N) is 1. The van der Waals surface area contributed by atoms with Gasteiger partial charge in [0.15, 0.2) is 0 Å². The molecule has 0 aromatic carbocycles. The first kappa shape index (κ1) is 9.23. The summed E-state index contributed by atoms with van der Waals surface area (Å²) < 4.78 is 12.9. The molecule has 0 aromatic heterocycles. The molecule has 3 fully saturated rings. The molecule has 0 aromatic rings. The second kappa shape index (κ2) is 2.31. The van der Waals surface area contributed by atoms with Crippen molar-refractivity contribution >= 4 is 12.4 Å². The van der Waals surface area contributed by atoms with Gasteiger partial charge in [0.05, 0.1) is 6.61 Å². The van der Waals surface area contributed by atoms with Crippen LogP contribution in [0.4, 0.5) is 4.39 Å². The Morgan fingerprint density at radius 1 is 1.45 bits per heavy atom. The zero-order valence-corrected chi connectivity index (χ0v) is 7.03. The number of halogens is 2. The molecule has 0 unspecified atom stereocenters. The van der Waals surface area contributed by atoms with Gasteiger partial charge in [-0.3, -0.25) is 0 Å². The zero-order chi connectivity index (χ0) is 7.41. The number of rotatable bonds is 2. The van der Waals surface area contributed by atoms with Crippen molar-refractivity contribution in [3.05, 3.63) is 0 Å². The SMILES string of the molecule is Cl.N[C@H](CO)C12CC(F)(C1)C2. The molecule has 0 aliphatic heterocycles. The summed E-state index contributed by atoms with van der Waals surface area (Å²) in [5.74, 6) is 0. The minimum Gasteiger partial charge on any atom is -0.395 e. The predicted octanol–water partition coefficient (Wildman–Crippen LogP) is 0.620. The Bertz CT molecular complexity index is 156. The van der Waals surface area contributed by atoms with Crippen molar-refractivity contribution in [2.75, 3.05) is 6.61 Å². The molecule has 4 heteroatoms. The van der Waals surface area contributed by atoms with Crippen molar-refractivity contribution in [1.29, 1.82) is 0 Å². The van der Waals surface area contributed by atoms with E-state index in [0.29, 0.717) is 19.3 Å². The maximum Gasteiger partial charge on any atom is 0.112 e. The van der Waals surface area contributed by atoms with Crippen molar-refractivity contribution in [2.24, 2.45) is 11.1 Å². The molecule has 3 aliphatic rings. The molecular weight excluding hydrogens is 169 g/mol. The topological polar surface area (TPSA) is 46.2 Å². The van der Waals surface area contributed by atoms with Crippen LogP contribution in [-0.2, 0) is 0 Å². The zero-order valence-electron chi connectivity index (χ0n) is 6.22. The van der Waals surface area contributed by atoms with Crippen LogP contribution in [0, 0.1) is 5.41 Å². The van der Waals surface area contributed by atoms with Crippen LogP contribution in [0.15, 0.2) is 0 Å². The van der Waals surface area contributed by atoms with Gasteiger partial charge in [0, 0.05) is 6.04 Å². The highest BCUT2D eigenvalue weighted by molar-refractivity contribution is 5.85. The molecule has 0 heterocycles. The van der Waals surface area contributed by atoms with Crippen LogP contribution in [0.1, 0.15) is 19.3 Å². The second-order valence-corrected chi connectivity index (χ2v) is 3.83. The molecule has 0 spiro atoms. The summed E-state index contributed by atoms with van der Waals surface area (Å²) in [6, 6.07) is -0.190. The highest BCUT2D eigenvalue weighted by atomic mass is 35.5. The number of hydrogen-bond acceptors (Lipinski definition) is 2. The Morgan fingerprint density at radius 2 is 1.91 bits per heavy atom. The van der Waals surface area contributed by atoms with E-state index in [1.807, 2.05) is 0 Å². The van der Waals surface area contributed by atoms with E-state index < -0.39 is 5.67 Å². The molecule has 66 valence electrons. The van der Waals surface area contributed by atoms with E-state index in [-0.39, 0.29) is 30.5 Å². The fourth-order valence-electron chi connectivity index (χ4n) is 2.32. The van der Waals surface area contributed by atoms with Gasteiger partial charge in [-0.2, -0.15) is 0 Å². The van der Waals surface area contributed by atoms with E-state index in [1.165, 1.54) is 0 Å². The van der Waals surface area contributed by atoms with Crippen LogP contribution in [-0.4, -0.2) is 23.4 Å². The van der Waals surface area contributed by atoms with Gasteiger partial charge in [-0.1, -0.05) is 0 Å². The molecule has 3 N–H and O–H groups in total. The minimum absolute atomic E-state index is 0. The first-order valence-corrected chi connectivity index (χ1v) is 3.66.